The maximum absolute atomic E-state index is 4.78. The third kappa shape index (κ3) is 6.82. The van der Waals surface area contributed by atoms with Crippen molar-refractivity contribution in [3.05, 3.63) is 47.8 Å². The van der Waals surface area contributed by atoms with Gasteiger partial charge in [-0.25, -0.2) is 9.97 Å². The Morgan fingerprint density at radius 3 is 2.31 bits per heavy atom. The molecule has 3 rings (SSSR count). The molecule has 2 heterocycles. The van der Waals surface area contributed by atoms with Crippen LogP contribution in [0.1, 0.15) is 0 Å². The molecule has 0 atom stereocenters. The van der Waals surface area contributed by atoms with E-state index in [1.54, 1.807) is 11.3 Å². The largest absolute Gasteiger partial charge is 0.353 e. The highest BCUT2D eigenvalue weighted by Crippen LogP contribution is 2.29. The van der Waals surface area contributed by atoms with Crippen molar-refractivity contribution in [1.29, 1.82) is 0 Å². The Morgan fingerprint density at radius 1 is 0.931 bits per heavy atom. The van der Waals surface area contributed by atoms with E-state index >= 15 is 0 Å². The summed E-state index contributed by atoms with van der Waals surface area (Å²) in [4.78, 5) is 16.3. The van der Waals surface area contributed by atoms with Gasteiger partial charge in [-0.15, -0.1) is 23.1 Å². The van der Waals surface area contributed by atoms with Crippen LogP contribution in [0.5, 0.6) is 0 Å². The van der Waals surface area contributed by atoms with Gasteiger partial charge in [0.15, 0.2) is 0 Å². The van der Waals surface area contributed by atoms with Crippen LogP contribution >= 0.6 is 23.1 Å². The first-order valence-electron chi connectivity index (χ1n) is 9.71. The molecule has 3 aromatic rings. The second-order valence-electron chi connectivity index (χ2n) is 7.35. The summed E-state index contributed by atoms with van der Waals surface area (Å²) in [5.41, 5.74) is 3.01. The minimum absolute atomic E-state index is 0.678. The van der Waals surface area contributed by atoms with E-state index in [-0.39, 0.29) is 0 Å². The molecule has 0 saturated carbocycles. The smallest absolute Gasteiger partial charge is 0.223 e. The molecule has 0 spiro atoms. The Bertz CT molecular complexity index is 877. The third-order valence-electron chi connectivity index (χ3n) is 4.30. The Kier molecular flexibility index (Phi) is 8.06. The first-order chi connectivity index (χ1) is 14.0. The highest BCUT2D eigenvalue weighted by Gasteiger charge is 2.10. The monoisotopic (exact) mass is 427 g/mol. The zero-order valence-corrected chi connectivity index (χ0v) is 19.2. The third-order valence-corrected chi connectivity index (χ3v) is 6.18. The summed E-state index contributed by atoms with van der Waals surface area (Å²) < 4.78 is 0. The van der Waals surface area contributed by atoms with Gasteiger partial charge in [0.2, 0.25) is 5.95 Å². The molecular formula is C22H29N5S2. The minimum atomic E-state index is 0.678. The highest BCUT2D eigenvalue weighted by atomic mass is 32.2. The van der Waals surface area contributed by atoms with Crippen LogP contribution in [0.15, 0.2) is 52.7 Å². The number of anilines is 1. The number of aromatic nitrogens is 2. The fourth-order valence-electron chi connectivity index (χ4n) is 2.68. The zero-order chi connectivity index (χ0) is 20.6. The van der Waals surface area contributed by atoms with Crippen molar-refractivity contribution in [2.24, 2.45) is 0 Å². The van der Waals surface area contributed by atoms with Crippen LogP contribution in [-0.2, 0) is 0 Å². The molecule has 0 amide bonds. The fourth-order valence-corrected chi connectivity index (χ4v) is 4.39. The van der Waals surface area contributed by atoms with Crippen molar-refractivity contribution in [3.8, 4) is 21.8 Å². The van der Waals surface area contributed by atoms with E-state index in [2.05, 4.69) is 91.2 Å². The maximum atomic E-state index is 4.78. The summed E-state index contributed by atoms with van der Waals surface area (Å²) in [5.74, 6) is 1.76. The number of thiophene rings is 1. The summed E-state index contributed by atoms with van der Waals surface area (Å²) in [5, 5.41) is 5.45. The molecule has 1 N–H and O–H groups in total. The molecule has 0 aliphatic rings. The summed E-state index contributed by atoms with van der Waals surface area (Å²) in [6.45, 7) is 2.81. The minimum Gasteiger partial charge on any atom is -0.353 e. The van der Waals surface area contributed by atoms with Crippen molar-refractivity contribution in [2.45, 2.75) is 4.90 Å². The summed E-state index contributed by atoms with van der Waals surface area (Å²) in [7, 11) is 8.34. The summed E-state index contributed by atoms with van der Waals surface area (Å²) >= 11 is 3.58. The number of nitrogens with zero attached hydrogens (tertiary/aromatic N) is 4. The molecule has 2 aromatic heterocycles. The van der Waals surface area contributed by atoms with Crippen LogP contribution < -0.4 is 5.32 Å². The van der Waals surface area contributed by atoms with Crippen molar-refractivity contribution < 1.29 is 0 Å². The zero-order valence-electron chi connectivity index (χ0n) is 17.6. The summed E-state index contributed by atoms with van der Waals surface area (Å²) in [6.07, 6.45) is 0. The van der Waals surface area contributed by atoms with Gasteiger partial charge in [-0.2, -0.15) is 0 Å². The number of nitrogens with one attached hydrogen (secondary N) is 1. The van der Waals surface area contributed by atoms with Crippen LogP contribution in [0, 0.1) is 0 Å². The fraction of sp³-hybridized carbons (Fsp3) is 0.364. The van der Waals surface area contributed by atoms with Crippen LogP contribution in [0.4, 0.5) is 5.95 Å². The van der Waals surface area contributed by atoms with Gasteiger partial charge in [0, 0.05) is 35.8 Å². The second kappa shape index (κ2) is 10.7. The Hall–Kier alpha value is -1.93. The normalized spacial score (nSPS) is 11.4. The number of likely N-dealkylation sites (N-methyl/N-ethyl adjacent to an activating group) is 1. The molecule has 0 unspecified atom stereocenters. The van der Waals surface area contributed by atoms with Gasteiger partial charge < -0.3 is 15.1 Å². The molecule has 0 aliphatic heterocycles. The molecule has 5 nitrogen and oxygen atoms in total. The van der Waals surface area contributed by atoms with E-state index < -0.39 is 0 Å². The van der Waals surface area contributed by atoms with E-state index in [1.165, 1.54) is 4.90 Å². The van der Waals surface area contributed by atoms with Gasteiger partial charge in [-0.05, 0) is 57.8 Å². The van der Waals surface area contributed by atoms with Crippen molar-refractivity contribution in [1.82, 2.24) is 19.8 Å². The van der Waals surface area contributed by atoms with E-state index in [9.17, 15) is 0 Å². The van der Waals surface area contributed by atoms with E-state index in [0.717, 1.165) is 47.2 Å². The lowest BCUT2D eigenvalue weighted by Gasteiger charge is -2.12. The van der Waals surface area contributed by atoms with E-state index in [0.29, 0.717) is 5.95 Å². The van der Waals surface area contributed by atoms with Crippen LogP contribution in [0.2, 0.25) is 0 Å². The second-order valence-corrected chi connectivity index (χ2v) is 9.46. The topological polar surface area (TPSA) is 44.3 Å². The standard InChI is InChI=1S/C22H29N5S2/c1-26(2)12-11-23-22-24-19(16-20(25-22)21-6-5-14-29-21)17-7-9-18(10-8-17)28-15-13-27(3)4/h5-10,14,16H,11-13,15H2,1-4H3,(H,23,24,25). The Morgan fingerprint density at radius 2 is 1.66 bits per heavy atom. The molecule has 7 heteroatoms. The van der Waals surface area contributed by atoms with Gasteiger partial charge in [0.1, 0.15) is 0 Å². The van der Waals surface area contributed by atoms with Crippen molar-refractivity contribution in [3.63, 3.8) is 0 Å². The summed E-state index contributed by atoms with van der Waals surface area (Å²) in [6, 6.07) is 14.9. The molecule has 0 saturated heterocycles. The number of thioether (sulfide) groups is 1. The van der Waals surface area contributed by atoms with E-state index in [1.807, 2.05) is 11.8 Å². The Balaban J connectivity index is 1.80. The van der Waals surface area contributed by atoms with Gasteiger partial charge >= 0.3 is 0 Å². The molecule has 0 radical (unpaired) electrons. The van der Waals surface area contributed by atoms with Crippen molar-refractivity contribution in [2.75, 3.05) is 58.9 Å². The first-order valence-corrected chi connectivity index (χ1v) is 11.6. The average Bonchev–Trinajstić information content (AvgIpc) is 3.23. The average molecular weight is 428 g/mol. The molecule has 154 valence electrons. The molecule has 1 aromatic carbocycles. The predicted molar refractivity (Wildman–Crippen MR) is 127 cm³/mol. The van der Waals surface area contributed by atoms with Gasteiger partial charge in [-0.3, -0.25) is 0 Å². The molecule has 29 heavy (non-hydrogen) atoms. The van der Waals surface area contributed by atoms with E-state index in [4.69, 9.17) is 9.97 Å². The van der Waals surface area contributed by atoms with Crippen LogP contribution in [0.3, 0.4) is 0 Å². The molecular weight excluding hydrogens is 398 g/mol. The quantitative estimate of drug-likeness (QED) is 0.481. The van der Waals surface area contributed by atoms with Gasteiger partial charge in [0.25, 0.3) is 0 Å². The predicted octanol–water partition coefficient (Wildman–Crippen LogP) is 4.50. The molecule has 0 bridgehead atoms. The SMILES string of the molecule is CN(C)CCNc1nc(-c2ccc(SCCN(C)C)cc2)cc(-c2cccs2)n1. The lowest BCUT2D eigenvalue weighted by molar-refractivity contribution is 0.425. The number of rotatable bonds is 10. The molecule has 0 fully saturated rings. The van der Waals surface area contributed by atoms with Gasteiger partial charge in [0.05, 0.1) is 16.3 Å². The highest BCUT2D eigenvalue weighted by molar-refractivity contribution is 7.99. The maximum Gasteiger partial charge on any atom is 0.223 e. The number of benzene rings is 1. The van der Waals surface area contributed by atoms with Crippen LogP contribution in [0.25, 0.3) is 21.8 Å². The number of hydrogen-bond acceptors (Lipinski definition) is 7. The van der Waals surface area contributed by atoms with Crippen molar-refractivity contribution >= 4 is 29.0 Å². The molecule has 0 aliphatic carbocycles. The van der Waals surface area contributed by atoms with Gasteiger partial charge in [-0.1, -0.05) is 18.2 Å². The lowest BCUT2D eigenvalue weighted by atomic mass is 10.1. The van der Waals surface area contributed by atoms with Crippen LogP contribution in [-0.4, -0.2) is 73.3 Å². The first kappa shape index (κ1) is 21.8. The number of hydrogen-bond donors (Lipinski definition) is 1. The Labute approximate surface area is 182 Å². The lowest BCUT2D eigenvalue weighted by Crippen LogP contribution is -2.21.